The van der Waals surface area contributed by atoms with Gasteiger partial charge in [-0.3, -0.25) is 14.4 Å². The molecule has 0 spiro atoms. The summed E-state index contributed by atoms with van der Waals surface area (Å²) in [7, 11) is 1.55. The largest absolute Gasteiger partial charge is 0.480 e. The van der Waals surface area contributed by atoms with Gasteiger partial charge >= 0.3 is 5.97 Å². The highest BCUT2D eigenvalue weighted by atomic mass is 32.1. The van der Waals surface area contributed by atoms with Gasteiger partial charge < -0.3 is 14.9 Å². The molecule has 1 aliphatic carbocycles. The molecule has 0 atom stereocenters. The molecule has 20 heavy (non-hydrogen) atoms. The van der Waals surface area contributed by atoms with Crippen molar-refractivity contribution in [2.24, 2.45) is 0 Å². The second-order valence-electron chi connectivity index (χ2n) is 4.79. The number of aliphatic carboxylic acids is 1. The molecule has 0 saturated heterocycles. The zero-order valence-electron chi connectivity index (χ0n) is 11.1. The second kappa shape index (κ2) is 6.04. The third-order valence-corrected chi connectivity index (χ3v) is 3.92. The van der Waals surface area contributed by atoms with E-state index in [0.29, 0.717) is 4.88 Å². The third kappa shape index (κ3) is 3.57. The van der Waals surface area contributed by atoms with E-state index in [-0.39, 0.29) is 30.9 Å². The van der Waals surface area contributed by atoms with Crippen LogP contribution in [-0.4, -0.2) is 58.9 Å². The van der Waals surface area contributed by atoms with E-state index in [0.717, 1.165) is 12.8 Å². The van der Waals surface area contributed by atoms with Crippen molar-refractivity contribution in [1.29, 1.82) is 0 Å². The van der Waals surface area contributed by atoms with Gasteiger partial charge in [0.05, 0.1) is 11.4 Å². The number of carbonyl (C=O) groups excluding carboxylic acids is 2. The quantitative estimate of drug-likeness (QED) is 0.846. The van der Waals surface area contributed by atoms with Crippen LogP contribution < -0.4 is 0 Å². The van der Waals surface area contributed by atoms with Gasteiger partial charge in [0, 0.05) is 13.1 Å². The zero-order valence-corrected chi connectivity index (χ0v) is 11.9. The fraction of sp³-hybridized carbons (Fsp3) is 0.462. The molecule has 1 heterocycles. The molecule has 1 aliphatic rings. The molecule has 0 aliphatic heterocycles. The zero-order chi connectivity index (χ0) is 14.7. The van der Waals surface area contributed by atoms with Crippen LogP contribution in [0.2, 0.25) is 0 Å². The van der Waals surface area contributed by atoms with Gasteiger partial charge in [-0.1, -0.05) is 6.07 Å². The summed E-state index contributed by atoms with van der Waals surface area (Å²) in [5.41, 5.74) is 0. The molecule has 7 heteroatoms. The maximum Gasteiger partial charge on any atom is 0.323 e. The maximum atomic E-state index is 12.1. The standard InChI is InChI=1S/C13H16N2O4S/c1-14(13(19)10-3-2-6-20-10)7-11(16)15(8-12(17)18)9-4-5-9/h2-3,6,9H,4-5,7-8H2,1H3,(H,17,18). The highest BCUT2D eigenvalue weighted by Crippen LogP contribution is 2.26. The summed E-state index contributed by atoms with van der Waals surface area (Å²) >= 11 is 1.31. The van der Waals surface area contributed by atoms with Crippen LogP contribution in [-0.2, 0) is 9.59 Å². The number of carboxylic acid groups (broad SMARTS) is 1. The maximum absolute atomic E-state index is 12.1. The van der Waals surface area contributed by atoms with Crippen molar-refractivity contribution in [3.8, 4) is 0 Å². The molecule has 6 nitrogen and oxygen atoms in total. The normalized spacial score (nSPS) is 13.8. The van der Waals surface area contributed by atoms with Gasteiger partial charge in [-0.2, -0.15) is 0 Å². The molecule has 1 aromatic rings. The smallest absolute Gasteiger partial charge is 0.323 e. The van der Waals surface area contributed by atoms with Gasteiger partial charge in [-0.15, -0.1) is 11.3 Å². The van der Waals surface area contributed by atoms with Crippen LogP contribution in [0.4, 0.5) is 0 Å². The number of likely N-dealkylation sites (N-methyl/N-ethyl adjacent to an activating group) is 1. The summed E-state index contributed by atoms with van der Waals surface area (Å²) < 4.78 is 0. The van der Waals surface area contributed by atoms with Crippen molar-refractivity contribution in [3.63, 3.8) is 0 Å². The summed E-state index contributed by atoms with van der Waals surface area (Å²) in [6, 6.07) is 3.49. The number of thiophene rings is 1. The molecule has 108 valence electrons. The molecule has 0 bridgehead atoms. The molecule has 2 rings (SSSR count). The lowest BCUT2D eigenvalue weighted by atomic mass is 10.3. The van der Waals surface area contributed by atoms with Crippen molar-refractivity contribution in [2.75, 3.05) is 20.1 Å². The first-order valence-corrected chi connectivity index (χ1v) is 7.17. The van der Waals surface area contributed by atoms with Gasteiger partial charge in [0.25, 0.3) is 5.91 Å². The minimum absolute atomic E-state index is 0.0174. The average Bonchev–Trinajstić information content (AvgIpc) is 3.08. The van der Waals surface area contributed by atoms with E-state index in [1.165, 1.54) is 21.1 Å². The Morgan fingerprint density at radius 2 is 2.05 bits per heavy atom. The fourth-order valence-corrected chi connectivity index (χ4v) is 2.62. The van der Waals surface area contributed by atoms with Crippen LogP contribution in [0.15, 0.2) is 17.5 Å². The van der Waals surface area contributed by atoms with Crippen molar-refractivity contribution >= 4 is 29.1 Å². The molecule has 2 amide bonds. The number of nitrogens with zero attached hydrogens (tertiary/aromatic N) is 2. The molecule has 1 saturated carbocycles. The number of amides is 2. The first-order chi connectivity index (χ1) is 9.49. The Labute approximate surface area is 120 Å². The van der Waals surface area contributed by atoms with E-state index in [9.17, 15) is 14.4 Å². The number of hydrogen-bond acceptors (Lipinski definition) is 4. The van der Waals surface area contributed by atoms with E-state index >= 15 is 0 Å². The Morgan fingerprint density at radius 1 is 1.35 bits per heavy atom. The van der Waals surface area contributed by atoms with Crippen LogP contribution >= 0.6 is 11.3 Å². The first-order valence-electron chi connectivity index (χ1n) is 6.29. The van der Waals surface area contributed by atoms with Crippen molar-refractivity contribution < 1.29 is 19.5 Å². The van der Waals surface area contributed by atoms with E-state index in [1.54, 1.807) is 24.6 Å². The van der Waals surface area contributed by atoms with Crippen molar-refractivity contribution in [2.45, 2.75) is 18.9 Å². The molecule has 1 fully saturated rings. The number of carboxylic acids is 1. The highest BCUT2D eigenvalue weighted by Gasteiger charge is 2.34. The van der Waals surface area contributed by atoms with Crippen LogP contribution in [0, 0.1) is 0 Å². The molecule has 0 aromatic carbocycles. The summed E-state index contributed by atoms with van der Waals surface area (Å²) in [5.74, 6) is -1.57. The van der Waals surface area contributed by atoms with E-state index in [1.807, 2.05) is 0 Å². The minimum Gasteiger partial charge on any atom is -0.480 e. The number of hydrogen-bond donors (Lipinski definition) is 1. The Hall–Kier alpha value is -1.89. The molecule has 0 unspecified atom stereocenters. The van der Waals surface area contributed by atoms with Gasteiger partial charge in [-0.25, -0.2) is 0 Å². The predicted molar refractivity (Wildman–Crippen MR) is 73.7 cm³/mol. The van der Waals surface area contributed by atoms with Crippen LogP contribution in [0.1, 0.15) is 22.5 Å². The second-order valence-corrected chi connectivity index (χ2v) is 5.73. The van der Waals surface area contributed by atoms with E-state index in [4.69, 9.17) is 5.11 Å². The fourth-order valence-electron chi connectivity index (χ4n) is 1.91. The molecule has 1 aromatic heterocycles. The van der Waals surface area contributed by atoms with Crippen molar-refractivity contribution in [1.82, 2.24) is 9.80 Å². The monoisotopic (exact) mass is 296 g/mol. The molecule has 0 radical (unpaired) electrons. The Balaban J connectivity index is 1.95. The minimum atomic E-state index is -1.03. The number of carbonyl (C=O) groups is 3. The third-order valence-electron chi connectivity index (χ3n) is 3.06. The van der Waals surface area contributed by atoms with E-state index < -0.39 is 5.97 Å². The van der Waals surface area contributed by atoms with Crippen molar-refractivity contribution in [3.05, 3.63) is 22.4 Å². The Morgan fingerprint density at radius 3 is 2.55 bits per heavy atom. The average molecular weight is 296 g/mol. The lowest BCUT2D eigenvalue weighted by Crippen LogP contribution is -2.44. The van der Waals surface area contributed by atoms with Crippen LogP contribution in [0.5, 0.6) is 0 Å². The number of rotatable bonds is 6. The molecular formula is C13H16N2O4S. The van der Waals surface area contributed by atoms with E-state index in [2.05, 4.69) is 0 Å². The highest BCUT2D eigenvalue weighted by molar-refractivity contribution is 7.12. The SMILES string of the molecule is CN(CC(=O)N(CC(=O)O)C1CC1)C(=O)c1cccs1. The van der Waals surface area contributed by atoms with Gasteiger partial charge in [0.1, 0.15) is 6.54 Å². The first kappa shape index (κ1) is 14.5. The molecular weight excluding hydrogens is 280 g/mol. The predicted octanol–water partition coefficient (Wildman–Crippen LogP) is 0.896. The molecule has 1 N–H and O–H groups in total. The Kier molecular flexibility index (Phi) is 4.39. The van der Waals surface area contributed by atoms with Crippen LogP contribution in [0.25, 0.3) is 0 Å². The topological polar surface area (TPSA) is 77.9 Å². The summed E-state index contributed by atoms with van der Waals surface area (Å²) in [6.45, 7) is -0.398. The summed E-state index contributed by atoms with van der Waals surface area (Å²) in [6.07, 6.45) is 1.67. The summed E-state index contributed by atoms with van der Waals surface area (Å²) in [5, 5.41) is 10.6. The Bertz CT molecular complexity index is 510. The van der Waals surface area contributed by atoms with Crippen LogP contribution in [0.3, 0.4) is 0 Å². The lowest BCUT2D eigenvalue weighted by Gasteiger charge is -2.23. The van der Waals surface area contributed by atoms with Gasteiger partial charge in [0.15, 0.2) is 0 Å². The van der Waals surface area contributed by atoms with Gasteiger partial charge in [-0.05, 0) is 24.3 Å². The van der Waals surface area contributed by atoms with Gasteiger partial charge in [0.2, 0.25) is 5.91 Å². The lowest BCUT2D eigenvalue weighted by molar-refractivity contribution is -0.145. The summed E-state index contributed by atoms with van der Waals surface area (Å²) in [4.78, 5) is 38.2.